The van der Waals surface area contributed by atoms with Crippen molar-refractivity contribution < 1.29 is 0 Å². The third-order valence-corrected chi connectivity index (χ3v) is 3.40. The third-order valence-electron chi connectivity index (χ3n) is 3.40. The number of benzene rings is 2. The average Bonchev–Trinajstić information content (AvgIpc) is 2.42. The second-order valence-corrected chi connectivity index (χ2v) is 4.87. The highest BCUT2D eigenvalue weighted by Gasteiger charge is 1.96. The van der Waals surface area contributed by atoms with Crippen LogP contribution in [0, 0.1) is 6.58 Å². The van der Waals surface area contributed by atoms with Crippen LogP contribution in [0.2, 0.25) is 0 Å². The van der Waals surface area contributed by atoms with E-state index < -0.39 is 0 Å². The zero-order valence-corrected chi connectivity index (χ0v) is 10.9. The number of allylic oxidation sites excluding steroid dienone is 1. The van der Waals surface area contributed by atoms with Crippen LogP contribution in [-0.2, 0) is 6.42 Å². The molecule has 0 aliphatic rings. The van der Waals surface area contributed by atoms with Crippen molar-refractivity contribution in [2.24, 2.45) is 0 Å². The Kier molecular flexibility index (Phi) is 5.01. The highest BCUT2D eigenvalue weighted by atomic mass is 14.0. The smallest absolute Gasteiger partial charge is 0.0181 e. The fraction of sp³-hybridized carbons (Fsp3) is 0.333. The van der Waals surface area contributed by atoms with E-state index in [9.17, 15) is 0 Å². The Balaban J connectivity index is 1.82. The summed E-state index contributed by atoms with van der Waals surface area (Å²) in [5.74, 6) is 0. The normalized spacial score (nSPS) is 10.7. The molecule has 0 bridgehead atoms. The number of hydrogen-bond acceptors (Lipinski definition) is 0. The maximum Gasteiger partial charge on any atom is -0.0181 e. The van der Waals surface area contributed by atoms with E-state index in [1.54, 1.807) is 6.08 Å². The van der Waals surface area contributed by atoms with E-state index in [4.69, 9.17) is 6.58 Å². The molecule has 0 amide bonds. The van der Waals surface area contributed by atoms with Crippen molar-refractivity contribution in [1.29, 1.82) is 0 Å². The maximum atomic E-state index is 5.36. The van der Waals surface area contributed by atoms with E-state index in [0.717, 1.165) is 6.42 Å². The van der Waals surface area contributed by atoms with Crippen molar-refractivity contribution in [2.45, 2.75) is 38.5 Å². The van der Waals surface area contributed by atoms with E-state index >= 15 is 0 Å². The SMILES string of the molecule is [CH]=CCCCCCCc1ccc2ccccc2c1. The van der Waals surface area contributed by atoms with E-state index in [2.05, 4.69) is 42.5 Å². The summed E-state index contributed by atoms with van der Waals surface area (Å²) in [6.45, 7) is 5.36. The second-order valence-electron chi connectivity index (χ2n) is 4.87. The van der Waals surface area contributed by atoms with Gasteiger partial charge in [-0.25, -0.2) is 0 Å². The van der Waals surface area contributed by atoms with Crippen LogP contribution in [0.25, 0.3) is 10.8 Å². The molecule has 0 aromatic heterocycles. The number of fused-ring (bicyclic) bond motifs is 1. The van der Waals surface area contributed by atoms with Gasteiger partial charge in [0.25, 0.3) is 0 Å². The van der Waals surface area contributed by atoms with Gasteiger partial charge in [0.2, 0.25) is 0 Å². The highest BCUT2D eigenvalue weighted by molar-refractivity contribution is 5.82. The molecule has 1 radical (unpaired) electrons. The van der Waals surface area contributed by atoms with Gasteiger partial charge in [-0.2, -0.15) is 0 Å². The predicted molar refractivity (Wildman–Crippen MR) is 79.6 cm³/mol. The van der Waals surface area contributed by atoms with Crippen molar-refractivity contribution in [1.82, 2.24) is 0 Å². The Morgan fingerprint density at radius 2 is 1.61 bits per heavy atom. The third kappa shape index (κ3) is 3.73. The minimum atomic E-state index is 1.05. The molecule has 0 saturated heterocycles. The number of aryl methyl sites for hydroxylation is 1. The van der Waals surface area contributed by atoms with Crippen LogP contribution in [-0.4, -0.2) is 0 Å². The van der Waals surface area contributed by atoms with Crippen LogP contribution in [0.4, 0.5) is 0 Å². The first-order valence-electron chi connectivity index (χ1n) is 6.91. The molecule has 2 aromatic carbocycles. The van der Waals surface area contributed by atoms with Crippen LogP contribution in [0.1, 0.15) is 37.7 Å². The van der Waals surface area contributed by atoms with Crippen molar-refractivity contribution in [3.05, 3.63) is 60.7 Å². The lowest BCUT2D eigenvalue weighted by atomic mass is 10.0. The van der Waals surface area contributed by atoms with Gasteiger partial charge in [-0.3, -0.25) is 0 Å². The van der Waals surface area contributed by atoms with Crippen LogP contribution in [0.15, 0.2) is 48.5 Å². The Morgan fingerprint density at radius 1 is 0.833 bits per heavy atom. The standard InChI is InChI=1S/C18H21/c1-2-3-4-5-6-7-10-16-13-14-17-11-8-9-12-18(17)15-16/h1-2,8-9,11-15H,3-7,10H2. The van der Waals surface area contributed by atoms with E-state index in [1.807, 2.05) is 0 Å². The molecule has 0 spiro atoms. The highest BCUT2D eigenvalue weighted by Crippen LogP contribution is 2.17. The number of hydrogen-bond donors (Lipinski definition) is 0. The molecule has 93 valence electrons. The maximum absolute atomic E-state index is 5.36. The molecule has 2 aromatic rings. The summed E-state index contributed by atoms with van der Waals surface area (Å²) < 4.78 is 0. The first-order valence-corrected chi connectivity index (χ1v) is 6.91. The molecule has 0 atom stereocenters. The van der Waals surface area contributed by atoms with Gasteiger partial charge in [0.05, 0.1) is 0 Å². The minimum Gasteiger partial charge on any atom is -0.0845 e. The monoisotopic (exact) mass is 237 g/mol. The lowest BCUT2D eigenvalue weighted by molar-refractivity contribution is 0.646. The molecule has 0 fully saturated rings. The summed E-state index contributed by atoms with van der Waals surface area (Å²) in [5.41, 5.74) is 1.46. The molecule has 0 unspecified atom stereocenters. The lowest BCUT2D eigenvalue weighted by Gasteiger charge is -2.04. The lowest BCUT2D eigenvalue weighted by Crippen LogP contribution is -1.86. The van der Waals surface area contributed by atoms with Crippen molar-refractivity contribution in [3.8, 4) is 0 Å². The first kappa shape index (κ1) is 12.9. The first-order chi connectivity index (χ1) is 8.90. The summed E-state index contributed by atoms with van der Waals surface area (Å²) in [6, 6.07) is 15.4. The van der Waals surface area contributed by atoms with E-state index in [0.29, 0.717) is 0 Å². The largest absolute Gasteiger partial charge is 0.0845 e. The topological polar surface area (TPSA) is 0 Å². The molecular formula is C18H21. The summed E-state index contributed by atoms with van der Waals surface area (Å²) in [6.07, 6.45) is 9.12. The van der Waals surface area contributed by atoms with Crippen LogP contribution in [0.3, 0.4) is 0 Å². The molecule has 0 nitrogen and oxygen atoms in total. The van der Waals surface area contributed by atoms with E-state index in [-0.39, 0.29) is 0 Å². The molecule has 2 rings (SSSR count). The summed E-state index contributed by atoms with van der Waals surface area (Å²) >= 11 is 0. The Morgan fingerprint density at radius 3 is 2.44 bits per heavy atom. The Bertz CT molecular complexity index is 496. The van der Waals surface area contributed by atoms with Crippen molar-refractivity contribution >= 4 is 10.8 Å². The zero-order chi connectivity index (χ0) is 12.6. The molecule has 0 aliphatic carbocycles. The van der Waals surface area contributed by atoms with Gasteiger partial charge in [0, 0.05) is 0 Å². The summed E-state index contributed by atoms with van der Waals surface area (Å²) in [7, 11) is 0. The summed E-state index contributed by atoms with van der Waals surface area (Å²) in [4.78, 5) is 0. The Hall–Kier alpha value is -1.56. The molecule has 18 heavy (non-hydrogen) atoms. The Labute approximate surface area is 110 Å². The van der Waals surface area contributed by atoms with Gasteiger partial charge in [0.1, 0.15) is 0 Å². The fourth-order valence-electron chi connectivity index (χ4n) is 2.34. The molecule has 0 N–H and O–H groups in total. The molecule has 0 heterocycles. The molecule has 0 aliphatic heterocycles. The number of unbranched alkanes of at least 4 members (excludes halogenated alkanes) is 4. The van der Waals surface area contributed by atoms with Gasteiger partial charge < -0.3 is 0 Å². The zero-order valence-electron chi connectivity index (χ0n) is 10.9. The second kappa shape index (κ2) is 7.00. The van der Waals surface area contributed by atoms with Crippen molar-refractivity contribution in [3.63, 3.8) is 0 Å². The van der Waals surface area contributed by atoms with E-state index in [1.165, 1.54) is 48.4 Å². The molecule has 0 saturated carbocycles. The van der Waals surface area contributed by atoms with Gasteiger partial charge in [-0.15, -0.1) is 0 Å². The van der Waals surface area contributed by atoms with Gasteiger partial charge in [-0.05, 0) is 42.0 Å². The fourth-order valence-corrected chi connectivity index (χ4v) is 2.34. The van der Waals surface area contributed by atoms with Crippen LogP contribution >= 0.6 is 0 Å². The predicted octanol–water partition coefficient (Wildman–Crippen LogP) is 5.32. The van der Waals surface area contributed by atoms with Crippen molar-refractivity contribution in [2.75, 3.05) is 0 Å². The quantitative estimate of drug-likeness (QED) is 0.571. The summed E-state index contributed by atoms with van der Waals surface area (Å²) in [5, 5.41) is 2.69. The average molecular weight is 237 g/mol. The van der Waals surface area contributed by atoms with Gasteiger partial charge >= 0.3 is 0 Å². The number of rotatable bonds is 7. The molecule has 0 heteroatoms. The molecular weight excluding hydrogens is 216 g/mol. The van der Waals surface area contributed by atoms with Crippen LogP contribution < -0.4 is 0 Å². The van der Waals surface area contributed by atoms with Gasteiger partial charge in [0.15, 0.2) is 0 Å². The van der Waals surface area contributed by atoms with Crippen LogP contribution in [0.5, 0.6) is 0 Å². The minimum absolute atomic E-state index is 1.05. The van der Waals surface area contributed by atoms with Gasteiger partial charge in [-0.1, -0.05) is 68.0 Å².